The van der Waals surface area contributed by atoms with Crippen molar-refractivity contribution in [3.8, 4) is 0 Å². The number of nitrogens with two attached hydrogens (primary N) is 1. The first-order valence-electron chi connectivity index (χ1n) is 5.36. The lowest BCUT2D eigenvalue weighted by atomic mass is 9.92. The van der Waals surface area contributed by atoms with Crippen LogP contribution in [-0.2, 0) is 5.66 Å². The standard InChI is InChI=1S/C14H16N2/c1-16-14(15,12-8-4-2-5-9-12)13-10-6-3-7-11-13/h2-11,16H,15H2,1H3. The van der Waals surface area contributed by atoms with Crippen molar-refractivity contribution in [2.75, 3.05) is 7.05 Å². The molecule has 3 N–H and O–H groups in total. The molecule has 0 saturated carbocycles. The zero-order chi connectivity index (χ0) is 11.4. The third kappa shape index (κ3) is 1.85. The molecule has 0 amide bonds. The Kier molecular flexibility index (Phi) is 3.04. The van der Waals surface area contributed by atoms with Crippen LogP contribution in [0.5, 0.6) is 0 Å². The minimum atomic E-state index is -0.622. The van der Waals surface area contributed by atoms with E-state index in [1.807, 2.05) is 67.7 Å². The minimum Gasteiger partial charge on any atom is -0.306 e. The second-order valence-corrected chi connectivity index (χ2v) is 3.79. The van der Waals surface area contributed by atoms with Crippen LogP contribution in [0.4, 0.5) is 0 Å². The molecular formula is C14H16N2. The van der Waals surface area contributed by atoms with Crippen molar-refractivity contribution in [3.05, 3.63) is 71.8 Å². The average Bonchev–Trinajstić information content (AvgIpc) is 2.40. The van der Waals surface area contributed by atoms with Crippen LogP contribution < -0.4 is 11.1 Å². The van der Waals surface area contributed by atoms with Crippen LogP contribution in [0, 0.1) is 0 Å². The third-order valence-corrected chi connectivity index (χ3v) is 2.85. The lowest BCUT2D eigenvalue weighted by Gasteiger charge is -2.30. The quantitative estimate of drug-likeness (QED) is 0.764. The number of nitrogens with one attached hydrogen (secondary N) is 1. The maximum absolute atomic E-state index is 6.43. The maximum atomic E-state index is 6.43. The zero-order valence-corrected chi connectivity index (χ0v) is 9.35. The minimum absolute atomic E-state index is 0.622. The molecular weight excluding hydrogens is 196 g/mol. The van der Waals surface area contributed by atoms with E-state index >= 15 is 0 Å². The molecule has 0 aromatic heterocycles. The molecule has 2 aromatic rings. The summed E-state index contributed by atoms with van der Waals surface area (Å²) in [5.41, 5.74) is 7.92. The first-order valence-corrected chi connectivity index (χ1v) is 5.36. The van der Waals surface area contributed by atoms with E-state index in [0.29, 0.717) is 0 Å². The van der Waals surface area contributed by atoms with E-state index in [4.69, 9.17) is 5.73 Å². The molecule has 0 aliphatic carbocycles. The molecule has 0 fully saturated rings. The fourth-order valence-corrected chi connectivity index (χ4v) is 1.86. The summed E-state index contributed by atoms with van der Waals surface area (Å²) in [6.07, 6.45) is 0. The van der Waals surface area contributed by atoms with Crippen molar-refractivity contribution in [1.29, 1.82) is 0 Å². The van der Waals surface area contributed by atoms with Crippen molar-refractivity contribution in [1.82, 2.24) is 5.32 Å². The van der Waals surface area contributed by atoms with Gasteiger partial charge in [0.2, 0.25) is 0 Å². The Balaban J connectivity index is 2.49. The summed E-state index contributed by atoms with van der Waals surface area (Å²) in [7, 11) is 1.88. The number of hydrogen-bond donors (Lipinski definition) is 2. The highest BCUT2D eigenvalue weighted by molar-refractivity contribution is 5.36. The van der Waals surface area contributed by atoms with Crippen molar-refractivity contribution in [2.45, 2.75) is 5.66 Å². The van der Waals surface area contributed by atoms with Gasteiger partial charge in [-0.25, -0.2) is 0 Å². The topological polar surface area (TPSA) is 38.0 Å². The van der Waals surface area contributed by atoms with Crippen molar-refractivity contribution in [3.63, 3.8) is 0 Å². The van der Waals surface area contributed by atoms with Gasteiger partial charge in [-0.15, -0.1) is 0 Å². The Morgan fingerprint density at radius 2 is 1.19 bits per heavy atom. The van der Waals surface area contributed by atoms with Gasteiger partial charge in [0.1, 0.15) is 5.66 Å². The van der Waals surface area contributed by atoms with Gasteiger partial charge in [-0.05, 0) is 18.2 Å². The van der Waals surface area contributed by atoms with Gasteiger partial charge < -0.3 is 5.73 Å². The van der Waals surface area contributed by atoms with Crippen LogP contribution in [0.15, 0.2) is 60.7 Å². The Morgan fingerprint density at radius 3 is 1.50 bits per heavy atom. The Hall–Kier alpha value is -1.64. The molecule has 2 nitrogen and oxygen atoms in total. The van der Waals surface area contributed by atoms with Crippen molar-refractivity contribution in [2.24, 2.45) is 5.73 Å². The molecule has 0 unspecified atom stereocenters. The lowest BCUT2D eigenvalue weighted by molar-refractivity contribution is 0.457. The largest absolute Gasteiger partial charge is 0.306 e. The lowest BCUT2D eigenvalue weighted by Crippen LogP contribution is -2.49. The molecule has 0 bridgehead atoms. The van der Waals surface area contributed by atoms with Gasteiger partial charge in [-0.3, -0.25) is 5.32 Å². The van der Waals surface area contributed by atoms with E-state index in [2.05, 4.69) is 5.32 Å². The molecule has 0 aliphatic heterocycles. The summed E-state index contributed by atoms with van der Waals surface area (Å²) in [6, 6.07) is 20.1. The maximum Gasteiger partial charge on any atom is 0.119 e. The number of rotatable bonds is 3. The molecule has 16 heavy (non-hydrogen) atoms. The van der Waals surface area contributed by atoms with Crippen LogP contribution in [0.2, 0.25) is 0 Å². The van der Waals surface area contributed by atoms with Gasteiger partial charge in [0.25, 0.3) is 0 Å². The highest BCUT2D eigenvalue weighted by Gasteiger charge is 2.26. The highest BCUT2D eigenvalue weighted by Crippen LogP contribution is 2.23. The summed E-state index contributed by atoms with van der Waals surface area (Å²) in [5.74, 6) is 0. The van der Waals surface area contributed by atoms with Crippen LogP contribution >= 0.6 is 0 Å². The van der Waals surface area contributed by atoms with E-state index in [0.717, 1.165) is 11.1 Å². The molecule has 0 atom stereocenters. The fraction of sp³-hybridized carbons (Fsp3) is 0.143. The molecule has 0 radical (unpaired) electrons. The van der Waals surface area contributed by atoms with Gasteiger partial charge in [-0.2, -0.15) is 0 Å². The monoisotopic (exact) mass is 212 g/mol. The van der Waals surface area contributed by atoms with Crippen LogP contribution in [0.25, 0.3) is 0 Å². The van der Waals surface area contributed by atoms with E-state index in [9.17, 15) is 0 Å². The number of hydrogen-bond acceptors (Lipinski definition) is 2. The molecule has 2 aromatic carbocycles. The molecule has 2 heteroatoms. The van der Waals surface area contributed by atoms with Crippen molar-refractivity contribution < 1.29 is 0 Å². The smallest absolute Gasteiger partial charge is 0.119 e. The summed E-state index contributed by atoms with van der Waals surface area (Å²) in [5, 5.41) is 3.19. The molecule has 82 valence electrons. The normalized spacial score (nSPS) is 11.4. The molecule has 0 aliphatic rings. The first-order chi connectivity index (χ1) is 7.77. The summed E-state index contributed by atoms with van der Waals surface area (Å²) < 4.78 is 0. The SMILES string of the molecule is CNC(N)(c1ccccc1)c1ccccc1. The Morgan fingerprint density at radius 1 is 0.812 bits per heavy atom. The molecule has 2 rings (SSSR count). The van der Waals surface area contributed by atoms with E-state index in [1.165, 1.54) is 0 Å². The Labute approximate surface area is 96.1 Å². The molecule has 0 spiro atoms. The summed E-state index contributed by atoms with van der Waals surface area (Å²) in [4.78, 5) is 0. The Bertz CT molecular complexity index is 397. The van der Waals surface area contributed by atoms with E-state index < -0.39 is 5.66 Å². The van der Waals surface area contributed by atoms with Crippen LogP contribution in [-0.4, -0.2) is 7.05 Å². The van der Waals surface area contributed by atoms with Gasteiger partial charge in [0.15, 0.2) is 0 Å². The zero-order valence-electron chi connectivity index (χ0n) is 9.35. The molecule has 0 saturated heterocycles. The third-order valence-electron chi connectivity index (χ3n) is 2.85. The summed E-state index contributed by atoms with van der Waals surface area (Å²) in [6.45, 7) is 0. The van der Waals surface area contributed by atoms with Crippen molar-refractivity contribution >= 4 is 0 Å². The van der Waals surface area contributed by atoms with Crippen LogP contribution in [0.1, 0.15) is 11.1 Å². The van der Waals surface area contributed by atoms with Crippen LogP contribution in [0.3, 0.4) is 0 Å². The highest BCUT2D eigenvalue weighted by atomic mass is 15.1. The van der Waals surface area contributed by atoms with Gasteiger partial charge in [0, 0.05) is 0 Å². The first kappa shape index (κ1) is 10.9. The predicted molar refractivity (Wildman–Crippen MR) is 66.9 cm³/mol. The van der Waals surface area contributed by atoms with Gasteiger partial charge in [0.05, 0.1) is 0 Å². The second kappa shape index (κ2) is 4.47. The fourth-order valence-electron chi connectivity index (χ4n) is 1.86. The molecule has 0 heterocycles. The van der Waals surface area contributed by atoms with E-state index in [-0.39, 0.29) is 0 Å². The average molecular weight is 212 g/mol. The second-order valence-electron chi connectivity index (χ2n) is 3.79. The predicted octanol–water partition coefficient (Wildman–Crippen LogP) is 2.07. The van der Waals surface area contributed by atoms with Gasteiger partial charge in [-0.1, -0.05) is 60.7 Å². The summed E-state index contributed by atoms with van der Waals surface area (Å²) >= 11 is 0. The number of benzene rings is 2. The van der Waals surface area contributed by atoms with Gasteiger partial charge >= 0.3 is 0 Å². The van der Waals surface area contributed by atoms with E-state index in [1.54, 1.807) is 0 Å².